The molecular formula is C15H18N2O. The van der Waals surface area contributed by atoms with Crippen LogP contribution in [0.1, 0.15) is 55.0 Å². The van der Waals surface area contributed by atoms with Gasteiger partial charge < -0.3 is 4.57 Å². The molecule has 0 N–H and O–H groups in total. The lowest BCUT2D eigenvalue weighted by atomic mass is 10.1. The van der Waals surface area contributed by atoms with E-state index in [0.717, 1.165) is 32.1 Å². The molecule has 2 aliphatic rings. The summed E-state index contributed by atoms with van der Waals surface area (Å²) >= 11 is 0. The van der Waals surface area contributed by atoms with Crippen LogP contribution in [0.3, 0.4) is 0 Å². The minimum atomic E-state index is 0.101. The highest BCUT2D eigenvalue weighted by Gasteiger charge is 2.25. The van der Waals surface area contributed by atoms with Crippen LogP contribution in [0.25, 0.3) is 0 Å². The summed E-state index contributed by atoms with van der Waals surface area (Å²) in [6, 6.07) is 4.50. The Morgan fingerprint density at radius 1 is 1.28 bits per heavy atom. The molecule has 1 fully saturated rings. The lowest BCUT2D eigenvalue weighted by molar-refractivity contribution is 0.483. The quantitative estimate of drug-likeness (QED) is 0.800. The van der Waals surface area contributed by atoms with Crippen LogP contribution in [0.5, 0.6) is 0 Å². The molecule has 1 saturated carbocycles. The highest BCUT2D eigenvalue weighted by molar-refractivity contribution is 5.32. The van der Waals surface area contributed by atoms with Crippen LogP contribution >= 0.6 is 0 Å². The molecule has 3 nitrogen and oxygen atoms in total. The highest BCUT2D eigenvalue weighted by atomic mass is 16.1. The van der Waals surface area contributed by atoms with Crippen LogP contribution in [-0.4, -0.2) is 4.57 Å². The molecule has 0 bridgehead atoms. The first kappa shape index (κ1) is 11.5. The third-order valence-corrected chi connectivity index (χ3v) is 4.32. The molecular weight excluding hydrogens is 224 g/mol. The summed E-state index contributed by atoms with van der Waals surface area (Å²) in [5.74, 6) is 0. The van der Waals surface area contributed by atoms with E-state index in [1.165, 1.54) is 24.1 Å². The average molecular weight is 242 g/mol. The molecule has 0 radical (unpaired) electrons. The normalized spacial score (nSPS) is 18.8. The molecule has 0 atom stereocenters. The first-order chi connectivity index (χ1) is 8.81. The van der Waals surface area contributed by atoms with E-state index < -0.39 is 0 Å². The minimum Gasteiger partial charge on any atom is -0.309 e. The maximum absolute atomic E-state index is 12.5. The molecule has 3 heteroatoms. The van der Waals surface area contributed by atoms with E-state index in [1.807, 2.05) is 10.6 Å². The van der Waals surface area contributed by atoms with E-state index in [9.17, 15) is 4.79 Å². The number of aromatic nitrogens is 1. The van der Waals surface area contributed by atoms with Gasteiger partial charge in [0, 0.05) is 17.3 Å². The Morgan fingerprint density at radius 2 is 2.06 bits per heavy atom. The summed E-state index contributed by atoms with van der Waals surface area (Å²) in [7, 11) is 0. The van der Waals surface area contributed by atoms with Crippen molar-refractivity contribution in [3.63, 3.8) is 0 Å². The number of nitrogens with zero attached hydrogens (tertiary/aromatic N) is 2. The van der Waals surface area contributed by atoms with Crippen molar-refractivity contribution in [3.8, 4) is 6.07 Å². The van der Waals surface area contributed by atoms with Gasteiger partial charge in [-0.15, -0.1) is 0 Å². The van der Waals surface area contributed by atoms with Crippen LogP contribution in [0.15, 0.2) is 10.9 Å². The number of aryl methyl sites for hydroxylation is 1. The smallest absolute Gasteiger partial charge is 0.255 e. The predicted octanol–water partition coefficient (Wildman–Crippen LogP) is 2.52. The van der Waals surface area contributed by atoms with Crippen molar-refractivity contribution in [1.29, 1.82) is 5.26 Å². The van der Waals surface area contributed by atoms with Crippen LogP contribution in [0.4, 0.5) is 0 Å². The van der Waals surface area contributed by atoms with Crippen LogP contribution in [0, 0.1) is 11.3 Å². The number of pyridine rings is 1. The van der Waals surface area contributed by atoms with Gasteiger partial charge in [0.1, 0.15) is 0 Å². The molecule has 0 aliphatic heterocycles. The Bertz CT molecular complexity index is 559. The fourth-order valence-corrected chi connectivity index (χ4v) is 3.49. The molecule has 0 saturated heterocycles. The zero-order valence-electron chi connectivity index (χ0n) is 10.6. The second-order valence-corrected chi connectivity index (χ2v) is 5.44. The van der Waals surface area contributed by atoms with Crippen molar-refractivity contribution in [2.75, 3.05) is 0 Å². The average Bonchev–Trinajstić information content (AvgIpc) is 3.00. The van der Waals surface area contributed by atoms with Crippen LogP contribution < -0.4 is 5.56 Å². The highest BCUT2D eigenvalue weighted by Crippen LogP contribution is 2.32. The molecule has 0 spiro atoms. The fraction of sp³-hybridized carbons (Fsp3) is 0.600. The molecule has 1 aromatic rings. The van der Waals surface area contributed by atoms with Crippen LogP contribution in [-0.2, 0) is 19.3 Å². The summed E-state index contributed by atoms with van der Waals surface area (Å²) in [5.41, 5.74) is 3.37. The van der Waals surface area contributed by atoms with Gasteiger partial charge in [0.15, 0.2) is 0 Å². The van der Waals surface area contributed by atoms with Gasteiger partial charge in [0.05, 0.1) is 12.5 Å². The molecule has 18 heavy (non-hydrogen) atoms. The third kappa shape index (κ3) is 1.77. The molecule has 0 amide bonds. The Morgan fingerprint density at radius 3 is 2.78 bits per heavy atom. The van der Waals surface area contributed by atoms with E-state index >= 15 is 0 Å². The van der Waals surface area contributed by atoms with E-state index in [2.05, 4.69) is 6.07 Å². The number of rotatable bonds is 2. The number of fused-ring (bicyclic) bond motifs is 1. The van der Waals surface area contributed by atoms with Crippen molar-refractivity contribution >= 4 is 0 Å². The summed E-state index contributed by atoms with van der Waals surface area (Å²) in [6.45, 7) is 0. The number of hydrogen-bond acceptors (Lipinski definition) is 2. The summed E-state index contributed by atoms with van der Waals surface area (Å²) in [5, 5.41) is 8.85. The third-order valence-electron chi connectivity index (χ3n) is 4.32. The first-order valence-electron chi connectivity index (χ1n) is 6.94. The van der Waals surface area contributed by atoms with Gasteiger partial charge in [0.25, 0.3) is 5.56 Å². The molecule has 0 aromatic carbocycles. The van der Waals surface area contributed by atoms with Gasteiger partial charge in [-0.25, -0.2) is 0 Å². The zero-order valence-corrected chi connectivity index (χ0v) is 10.6. The lowest BCUT2D eigenvalue weighted by Gasteiger charge is -2.19. The lowest BCUT2D eigenvalue weighted by Crippen LogP contribution is -2.29. The molecule has 2 aliphatic carbocycles. The molecule has 1 aromatic heterocycles. The van der Waals surface area contributed by atoms with E-state index in [0.29, 0.717) is 11.6 Å². The van der Waals surface area contributed by atoms with Crippen molar-refractivity contribution in [2.24, 2.45) is 0 Å². The number of nitriles is 1. The van der Waals surface area contributed by atoms with Gasteiger partial charge in [-0.3, -0.25) is 4.79 Å². The van der Waals surface area contributed by atoms with Crippen LogP contribution in [0.2, 0.25) is 0 Å². The van der Waals surface area contributed by atoms with Gasteiger partial charge in [-0.2, -0.15) is 5.26 Å². The number of hydrogen-bond donors (Lipinski definition) is 0. The molecule has 3 rings (SSSR count). The van der Waals surface area contributed by atoms with E-state index in [-0.39, 0.29) is 12.0 Å². The monoisotopic (exact) mass is 242 g/mol. The molecule has 1 heterocycles. The molecule has 0 unspecified atom stereocenters. The van der Waals surface area contributed by atoms with E-state index in [4.69, 9.17) is 5.26 Å². The Kier molecular flexibility index (Phi) is 2.95. The molecule has 94 valence electrons. The van der Waals surface area contributed by atoms with Gasteiger partial charge >= 0.3 is 0 Å². The topological polar surface area (TPSA) is 45.8 Å². The predicted molar refractivity (Wildman–Crippen MR) is 69.5 cm³/mol. The Hall–Kier alpha value is -1.56. The van der Waals surface area contributed by atoms with Crippen molar-refractivity contribution in [1.82, 2.24) is 4.57 Å². The fourth-order valence-electron chi connectivity index (χ4n) is 3.49. The van der Waals surface area contributed by atoms with Gasteiger partial charge in [0.2, 0.25) is 0 Å². The van der Waals surface area contributed by atoms with Crippen molar-refractivity contribution < 1.29 is 0 Å². The maximum Gasteiger partial charge on any atom is 0.255 e. The van der Waals surface area contributed by atoms with Crippen molar-refractivity contribution in [3.05, 3.63) is 33.2 Å². The minimum absolute atomic E-state index is 0.101. The van der Waals surface area contributed by atoms with Gasteiger partial charge in [-0.05, 0) is 43.7 Å². The maximum atomic E-state index is 12.5. The zero-order chi connectivity index (χ0) is 12.5. The second kappa shape index (κ2) is 4.61. The van der Waals surface area contributed by atoms with E-state index in [1.54, 1.807) is 0 Å². The van der Waals surface area contributed by atoms with Gasteiger partial charge in [-0.1, -0.05) is 12.8 Å². The Balaban J connectivity index is 2.15. The Labute approximate surface area is 107 Å². The first-order valence-corrected chi connectivity index (χ1v) is 6.94. The summed E-state index contributed by atoms with van der Waals surface area (Å²) in [6.07, 6.45) is 8.22. The standard InChI is InChI=1S/C15H18N2O/c16-9-8-12-10-11-4-3-7-14(11)17(15(12)18)13-5-1-2-6-13/h10,13H,1-8H2. The summed E-state index contributed by atoms with van der Waals surface area (Å²) in [4.78, 5) is 12.5. The second-order valence-electron chi connectivity index (χ2n) is 5.44. The largest absolute Gasteiger partial charge is 0.309 e. The summed E-state index contributed by atoms with van der Waals surface area (Å²) < 4.78 is 2.04. The van der Waals surface area contributed by atoms with Crippen molar-refractivity contribution in [2.45, 2.75) is 57.4 Å². The SMILES string of the molecule is N#CCc1cc2c(n(C3CCCC3)c1=O)CCC2.